The molecule has 0 amide bonds. The molecule has 1 heterocycles. The zero-order valence-electron chi connectivity index (χ0n) is 9.33. The van der Waals surface area contributed by atoms with Crippen molar-refractivity contribution >= 4 is 0 Å². The summed E-state index contributed by atoms with van der Waals surface area (Å²) in [5, 5.41) is 0. The van der Waals surface area contributed by atoms with Crippen molar-refractivity contribution < 1.29 is 4.48 Å². The SMILES string of the molecule is CC(C)N1C[N+](C)(C)C(C)C1C. The van der Waals surface area contributed by atoms with Crippen molar-refractivity contribution in [2.45, 2.75) is 45.8 Å². The average molecular weight is 171 g/mol. The molecule has 1 rings (SSSR count). The van der Waals surface area contributed by atoms with Crippen molar-refractivity contribution in [1.82, 2.24) is 4.90 Å². The maximum atomic E-state index is 2.59. The summed E-state index contributed by atoms with van der Waals surface area (Å²) in [4.78, 5) is 2.59. The van der Waals surface area contributed by atoms with E-state index >= 15 is 0 Å². The molecule has 0 radical (unpaired) electrons. The number of hydrogen-bond donors (Lipinski definition) is 0. The minimum absolute atomic E-state index is 0.683. The van der Waals surface area contributed by atoms with Gasteiger partial charge in [-0.2, -0.15) is 0 Å². The van der Waals surface area contributed by atoms with Crippen LogP contribution in [0.15, 0.2) is 0 Å². The third-order valence-corrected chi connectivity index (χ3v) is 3.51. The van der Waals surface area contributed by atoms with Gasteiger partial charge in [-0.3, -0.25) is 0 Å². The Bertz CT molecular complexity index is 163. The number of nitrogens with zero attached hydrogens (tertiary/aromatic N) is 2. The molecule has 1 aliphatic heterocycles. The van der Waals surface area contributed by atoms with E-state index in [2.05, 4.69) is 46.7 Å². The first kappa shape index (κ1) is 10.0. The summed E-state index contributed by atoms with van der Waals surface area (Å²) in [5.74, 6) is 0. The summed E-state index contributed by atoms with van der Waals surface area (Å²) in [5.41, 5.74) is 0. The summed E-state index contributed by atoms with van der Waals surface area (Å²) in [6.45, 7) is 10.5. The summed E-state index contributed by atoms with van der Waals surface area (Å²) in [6.07, 6.45) is 0. The predicted molar refractivity (Wildman–Crippen MR) is 52.9 cm³/mol. The van der Waals surface area contributed by atoms with Gasteiger partial charge in [0.15, 0.2) is 0 Å². The van der Waals surface area contributed by atoms with E-state index in [-0.39, 0.29) is 0 Å². The molecule has 0 aromatic heterocycles. The normalized spacial score (nSPS) is 36.2. The van der Waals surface area contributed by atoms with E-state index in [1.165, 1.54) is 6.67 Å². The smallest absolute Gasteiger partial charge is 0.135 e. The highest BCUT2D eigenvalue weighted by atomic mass is 15.5. The van der Waals surface area contributed by atoms with Crippen LogP contribution in [0.3, 0.4) is 0 Å². The third kappa shape index (κ3) is 1.50. The van der Waals surface area contributed by atoms with Crippen molar-refractivity contribution in [1.29, 1.82) is 0 Å². The molecule has 12 heavy (non-hydrogen) atoms. The van der Waals surface area contributed by atoms with Crippen LogP contribution in [0.4, 0.5) is 0 Å². The van der Waals surface area contributed by atoms with E-state index in [9.17, 15) is 0 Å². The standard InChI is InChI=1S/C10H23N2/c1-8(2)11-7-12(5,6)10(4)9(11)3/h8-10H,7H2,1-6H3/q+1. The largest absolute Gasteiger partial charge is 0.312 e. The number of hydrogen-bond acceptors (Lipinski definition) is 1. The predicted octanol–water partition coefficient (Wildman–Crippen LogP) is 1.52. The average Bonchev–Trinajstić information content (AvgIpc) is 2.14. The van der Waals surface area contributed by atoms with Gasteiger partial charge in [0.1, 0.15) is 12.7 Å². The maximum absolute atomic E-state index is 2.59. The number of likely N-dealkylation sites (N-methyl/N-ethyl adjacent to an activating group) is 1. The van der Waals surface area contributed by atoms with E-state index in [1.54, 1.807) is 0 Å². The second-order valence-corrected chi connectivity index (χ2v) is 5.01. The molecule has 2 unspecified atom stereocenters. The number of quaternary nitrogens is 1. The Balaban J connectivity index is 2.74. The van der Waals surface area contributed by atoms with Crippen LogP contribution in [-0.4, -0.2) is 48.3 Å². The molecule has 0 aromatic carbocycles. The second-order valence-electron chi connectivity index (χ2n) is 5.01. The van der Waals surface area contributed by atoms with Crippen molar-refractivity contribution in [3.63, 3.8) is 0 Å². The van der Waals surface area contributed by atoms with Crippen LogP contribution in [0.25, 0.3) is 0 Å². The molecule has 1 fully saturated rings. The van der Waals surface area contributed by atoms with Crippen LogP contribution >= 0.6 is 0 Å². The Hall–Kier alpha value is -0.0800. The Morgan fingerprint density at radius 2 is 1.75 bits per heavy atom. The first-order chi connectivity index (χ1) is 5.36. The van der Waals surface area contributed by atoms with Crippen LogP contribution in [0.2, 0.25) is 0 Å². The van der Waals surface area contributed by atoms with Crippen molar-refractivity contribution in [2.24, 2.45) is 0 Å². The Morgan fingerprint density at radius 3 is 1.92 bits per heavy atom. The Kier molecular flexibility index (Phi) is 2.50. The van der Waals surface area contributed by atoms with E-state index in [0.29, 0.717) is 6.04 Å². The minimum atomic E-state index is 0.683. The molecule has 0 bridgehead atoms. The molecule has 0 N–H and O–H groups in total. The van der Waals surface area contributed by atoms with Crippen LogP contribution in [0, 0.1) is 0 Å². The maximum Gasteiger partial charge on any atom is 0.135 e. The summed E-state index contributed by atoms with van der Waals surface area (Å²) in [6, 6.07) is 2.16. The Morgan fingerprint density at radius 1 is 1.25 bits per heavy atom. The molecular weight excluding hydrogens is 148 g/mol. The van der Waals surface area contributed by atoms with Gasteiger partial charge in [0, 0.05) is 6.04 Å². The lowest BCUT2D eigenvalue weighted by Gasteiger charge is -2.29. The fourth-order valence-corrected chi connectivity index (χ4v) is 2.17. The molecular formula is C10H23N2+. The van der Waals surface area contributed by atoms with Gasteiger partial charge in [-0.1, -0.05) is 0 Å². The van der Waals surface area contributed by atoms with Gasteiger partial charge in [-0.05, 0) is 27.7 Å². The summed E-state index contributed by atoms with van der Waals surface area (Å²) in [7, 11) is 4.65. The second kappa shape index (κ2) is 3.00. The molecule has 0 aromatic rings. The topological polar surface area (TPSA) is 3.24 Å². The van der Waals surface area contributed by atoms with Crippen molar-refractivity contribution in [2.75, 3.05) is 20.8 Å². The molecule has 0 saturated carbocycles. The van der Waals surface area contributed by atoms with Gasteiger partial charge in [-0.25, -0.2) is 4.90 Å². The lowest BCUT2D eigenvalue weighted by molar-refractivity contribution is -0.904. The van der Waals surface area contributed by atoms with Crippen LogP contribution in [0.1, 0.15) is 27.7 Å². The quantitative estimate of drug-likeness (QED) is 0.541. The molecule has 2 atom stereocenters. The molecule has 0 spiro atoms. The number of rotatable bonds is 1. The van der Waals surface area contributed by atoms with E-state index in [4.69, 9.17) is 0 Å². The fourth-order valence-electron chi connectivity index (χ4n) is 2.17. The first-order valence-corrected chi connectivity index (χ1v) is 4.94. The van der Waals surface area contributed by atoms with Gasteiger partial charge in [0.05, 0.1) is 20.1 Å². The summed E-state index contributed by atoms with van der Waals surface area (Å²) < 4.78 is 1.14. The summed E-state index contributed by atoms with van der Waals surface area (Å²) >= 11 is 0. The lowest BCUT2D eigenvalue weighted by Crippen LogP contribution is -2.44. The van der Waals surface area contributed by atoms with Gasteiger partial charge >= 0.3 is 0 Å². The molecule has 2 heteroatoms. The highest BCUT2D eigenvalue weighted by molar-refractivity contribution is 4.79. The van der Waals surface area contributed by atoms with Crippen LogP contribution in [-0.2, 0) is 0 Å². The zero-order valence-corrected chi connectivity index (χ0v) is 9.33. The molecule has 0 aliphatic carbocycles. The van der Waals surface area contributed by atoms with Gasteiger partial charge in [-0.15, -0.1) is 0 Å². The lowest BCUT2D eigenvalue weighted by atomic mass is 10.1. The van der Waals surface area contributed by atoms with Crippen LogP contribution in [0.5, 0.6) is 0 Å². The van der Waals surface area contributed by atoms with Gasteiger partial charge in [0.2, 0.25) is 0 Å². The van der Waals surface area contributed by atoms with E-state index in [0.717, 1.165) is 16.6 Å². The van der Waals surface area contributed by atoms with E-state index in [1.807, 2.05) is 0 Å². The van der Waals surface area contributed by atoms with Crippen molar-refractivity contribution in [3.8, 4) is 0 Å². The van der Waals surface area contributed by atoms with Crippen molar-refractivity contribution in [3.05, 3.63) is 0 Å². The third-order valence-electron chi connectivity index (χ3n) is 3.51. The van der Waals surface area contributed by atoms with E-state index < -0.39 is 0 Å². The highest BCUT2D eigenvalue weighted by Gasteiger charge is 2.43. The first-order valence-electron chi connectivity index (χ1n) is 4.94. The van der Waals surface area contributed by atoms with Gasteiger partial charge < -0.3 is 4.48 Å². The van der Waals surface area contributed by atoms with Crippen LogP contribution < -0.4 is 0 Å². The molecule has 72 valence electrons. The minimum Gasteiger partial charge on any atom is -0.312 e. The monoisotopic (exact) mass is 171 g/mol. The molecule has 2 nitrogen and oxygen atoms in total. The zero-order chi connectivity index (χ0) is 9.52. The molecule has 1 aliphatic rings. The Labute approximate surface area is 76.7 Å². The molecule has 1 saturated heterocycles. The fraction of sp³-hybridized carbons (Fsp3) is 1.00. The van der Waals surface area contributed by atoms with Gasteiger partial charge in [0.25, 0.3) is 0 Å². The highest BCUT2D eigenvalue weighted by Crippen LogP contribution is 2.26.